The number of phenols is 1. The number of aromatic nitrogens is 1. The average molecular weight is 1110 g/mol. The number of anilines is 1. The molecule has 4 N–H and O–H groups in total. The number of piperidine rings is 1. The molecular formula is C60H74FN5O14. The number of benzene rings is 2. The van der Waals surface area contributed by atoms with Gasteiger partial charge in [-0.3, -0.25) is 28.9 Å². The van der Waals surface area contributed by atoms with Crippen LogP contribution in [-0.4, -0.2) is 137 Å². The molecule has 430 valence electrons. The van der Waals surface area contributed by atoms with Crippen molar-refractivity contribution in [2.24, 2.45) is 34.7 Å². The van der Waals surface area contributed by atoms with E-state index in [0.29, 0.717) is 47.5 Å². The van der Waals surface area contributed by atoms with Crippen molar-refractivity contribution in [2.75, 3.05) is 51.9 Å². The molecule has 1 amide bonds. The molecular weight excluding hydrogens is 1030 g/mol. The molecule has 5 bridgehead atoms. The van der Waals surface area contributed by atoms with Crippen molar-refractivity contribution in [3.8, 4) is 17.2 Å². The molecule has 3 fully saturated rings. The molecule has 19 nitrogen and oxygen atoms in total. The number of hydrogen-bond donors (Lipinski definition) is 4. The second-order valence-corrected chi connectivity index (χ2v) is 22.7. The number of rotatable bonds is 9. The zero-order chi connectivity index (χ0) is 57.8. The van der Waals surface area contributed by atoms with Gasteiger partial charge in [-0.1, -0.05) is 51.1 Å². The lowest BCUT2D eigenvalue weighted by atomic mass is 9.78. The van der Waals surface area contributed by atoms with Crippen molar-refractivity contribution in [3.05, 3.63) is 104 Å². The molecule has 80 heavy (non-hydrogen) atoms. The summed E-state index contributed by atoms with van der Waals surface area (Å²) in [7, 11) is 2.97. The van der Waals surface area contributed by atoms with E-state index in [1.165, 1.54) is 60.3 Å². The van der Waals surface area contributed by atoms with Crippen LogP contribution in [0.4, 0.5) is 10.1 Å². The number of methoxy groups -OCH3 is 2. The quantitative estimate of drug-likeness (QED) is 0.0971. The molecule has 5 aliphatic heterocycles. The number of pyridine rings is 1. The van der Waals surface area contributed by atoms with Crippen LogP contribution >= 0.6 is 0 Å². The minimum atomic E-state index is -1.90. The summed E-state index contributed by atoms with van der Waals surface area (Å²) in [5, 5.41) is 42.3. The van der Waals surface area contributed by atoms with Gasteiger partial charge in [-0.15, -0.1) is 0 Å². The minimum absolute atomic E-state index is 0.00508. The summed E-state index contributed by atoms with van der Waals surface area (Å²) in [6.45, 7) is 16.7. The summed E-state index contributed by atoms with van der Waals surface area (Å²) in [6, 6.07) is 1.55. The van der Waals surface area contributed by atoms with Gasteiger partial charge in [0.1, 0.15) is 29.9 Å². The number of phenolic OH excluding ortho intramolecular Hbond substituents is 1. The fourth-order valence-electron chi connectivity index (χ4n) is 12.5. The van der Waals surface area contributed by atoms with Gasteiger partial charge in [0.05, 0.1) is 65.0 Å². The topological polar surface area (TPSA) is 237 Å². The van der Waals surface area contributed by atoms with Crippen LogP contribution in [0.3, 0.4) is 0 Å². The van der Waals surface area contributed by atoms with Crippen LogP contribution in [-0.2, 0) is 28.6 Å². The number of oxime groups is 1. The molecule has 2 saturated heterocycles. The Morgan fingerprint density at radius 1 is 0.963 bits per heavy atom. The van der Waals surface area contributed by atoms with E-state index in [1.807, 2.05) is 11.1 Å². The predicted octanol–water partition coefficient (Wildman–Crippen LogP) is 6.88. The smallest absolute Gasteiger partial charge is 0.302 e. The number of esters is 1. The summed E-state index contributed by atoms with van der Waals surface area (Å²) in [6.07, 6.45) is 10.1. The standard InChI is InChI=1S/C60H74FN5O14/c1-29-14-12-15-30(2)59(74)62-41-25-43(68)45-46(54(41)73)53(72)35(7)56-47(45)58(60(9,80-56)77-22-19-44(75-10)32(4)55(79-36(8)67)34(6)52(71)33(5)50(29)69)63-78-23-21-64-20-13-16-37-27-65(28-42(37)64)49-40(61)24-39-48(57(49)76-11)66(38-17-18-38)26-31(3)51(39)70/h12,14-15,19,22,24-26,29,32-34,37-38,42,44,50,52,55,69,71-72H,13,16-18,20-21,23,27-28H2,1-11H3,(H,62,74)/b14-12+,22-19+,30-15-,63-58-/t29-,32+,33+,34+,37-,42+,44-,50-,52+,55+,60-/m0/s1. The number of nitrogens with one attached hydrogen (secondary N) is 1. The van der Waals surface area contributed by atoms with E-state index in [4.69, 9.17) is 28.5 Å². The molecule has 10 rings (SSSR count). The number of fused-ring (bicyclic) bond motifs is 16. The van der Waals surface area contributed by atoms with Gasteiger partial charge in [0, 0.05) is 105 Å². The molecule has 7 aliphatic rings. The van der Waals surface area contributed by atoms with Gasteiger partial charge in [-0.05, 0) is 71.1 Å². The van der Waals surface area contributed by atoms with E-state index in [1.54, 1.807) is 52.8 Å². The number of aryl methyl sites for hydroxylation is 1. The zero-order valence-electron chi connectivity index (χ0n) is 47.3. The Hall–Kier alpha value is -6.87. The van der Waals surface area contributed by atoms with Crippen molar-refractivity contribution in [1.82, 2.24) is 14.8 Å². The van der Waals surface area contributed by atoms with Crippen molar-refractivity contribution >= 4 is 45.7 Å². The van der Waals surface area contributed by atoms with Gasteiger partial charge in [-0.25, -0.2) is 4.39 Å². The zero-order valence-corrected chi connectivity index (χ0v) is 47.3. The largest absolute Gasteiger partial charge is 0.507 e. The van der Waals surface area contributed by atoms with Crippen LogP contribution in [0.15, 0.2) is 70.1 Å². The second kappa shape index (κ2) is 22.9. The van der Waals surface area contributed by atoms with Crippen molar-refractivity contribution in [3.63, 3.8) is 0 Å². The molecule has 11 atom stereocenters. The lowest BCUT2D eigenvalue weighted by Gasteiger charge is -2.38. The number of ether oxygens (including phenoxy) is 5. The van der Waals surface area contributed by atoms with Gasteiger partial charge < -0.3 is 58.6 Å². The Labute approximate surface area is 464 Å². The number of nitrogens with zero attached hydrogens (tertiary/aromatic N) is 4. The van der Waals surface area contributed by atoms with Crippen LogP contribution in [0.5, 0.6) is 17.2 Å². The van der Waals surface area contributed by atoms with E-state index in [-0.39, 0.29) is 75.0 Å². The third kappa shape index (κ3) is 10.7. The van der Waals surface area contributed by atoms with Crippen molar-refractivity contribution in [2.45, 2.75) is 130 Å². The summed E-state index contributed by atoms with van der Waals surface area (Å²) < 4.78 is 49.2. The first-order valence-electron chi connectivity index (χ1n) is 27.6. The van der Waals surface area contributed by atoms with Gasteiger partial charge in [0.2, 0.25) is 5.78 Å². The highest BCUT2D eigenvalue weighted by Gasteiger charge is 2.51. The maximum Gasteiger partial charge on any atom is 0.302 e. The Morgan fingerprint density at radius 2 is 1.70 bits per heavy atom. The monoisotopic (exact) mass is 1110 g/mol. The van der Waals surface area contributed by atoms with Crippen LogP contribution in [0.2, 0.25) is 0 Å². The molecule has 0 spiro atoms. The number of aromatic hydroxyl groups is 1. The molecule has 0 unspecified atom stereocenters. The third-order valence-corrected chi connectivity index (χ3v) is 17.2. The lowest BCUT2D eigenvalue weighted by molar-refractivity contribution is -0.160. The molecule has 1 aromatic heterocycles. The number of aliphatic hydroxyl groups excluding tert-OH is 2. The highest BCUT2D eigenvalue weighted by molar-refractivity contribution is 6.31. The number of hydrogen-bond acceptors (Lipinski definition) is 17. The first kappa shape index (κ1) is 57.8. The van der Waals surface area contributed by atoms with Crippen LogP contribution < -0.4 is 25.1 Å². The van der Waals surface area contributed by atoms with Crippen LogP contribution in [0.1, 0.15) is 118 Å². The summed E-state index contributed by atoms with van der Waals surface area (Å²) in [5.74, 6) is -7.95. The lowest BCUT2D eigenvalue weighted by Crippen LogP contribution is -2.46. The minimum Gasteiger partial charge on any atom is -0.507 e. The maximum absolute atomic E-state index is 16.4. The normalized spacial score (nSPS) is 31.4. The SMILES string of the molecule is COc1c(N2C[C@@H]3CCCN(CCO/N=C4/c5c6c(C)c(O)c7c5C(=O)C=C(NC(=O)/C(C)=C\C=C\[C@H](C)[C@H](O)[C@@H](C)[C@@H](O)[C@@H](C)[C@H](OC(C)=O)[C@H](C)[C@@H](OC)/C=C/O[C@@]4(C)O6)C7=O)[C@@H]3C2)c(F)cc2c(=O)c(C)cn(C3CC3)c12. The number of aliphatic hydroxyl groups is 2. The number of Topliss-reactive ketones (excluding diaryl/α,β-unsaturated/α-hetero) is 1. The fraction of sp³-hybridized carbons (Fsp3) is 0.533. The summed E-state index contributed by atoms with van der Waals surface area (Å²) in [4.78, 5) is 78.9. The molecule has 0 radical (unpaired) electrons. The highest BCUT2D eigenvalue weighted by atomic mass is 19.1. The number of ketones is 2. The Kier molecular flexibility index (Phi) is 16.6. The van der Waals surface area contributed by atoms with Gasteiger partial charge in [0.25, 0.3) is 11.7 Å². The predicted molar refractivity (Wildman–Crippen MR) is 295 cm³/mol. The van der Waals surface area contributed by atoms with E-state index in [9.17, 15) is 39.3 Å². The Balaban J connectivity index is 1.04. The first-order valence-corrected chi connectivity index (χ1v) is 27.6. The summed E-state index contributed by atoms with van der Waals surface area (Å²) in [5.41, 5.74) is 0.426. The van der Waals surface area contributed by atoms with E-state index in [0.717, 1.165) is 38.3 Å². The van der Waals surface area contributed by atoms with Crippen LogP contribution in [0.25, 0.3) is 10.9 Å². The van der Waals surface area contributed by atoms with Crippen molar-refractivity contribution in [1.29, 1.82) is 0 Å². The van der Waals surface area contributed by atoms with Crippen molar-refractivity contribution < 1.29 is 67.4 Å². The number of carbonyl (C=O) groups is 4. The summed E-state index contributed by atoms with van der Waals surface area (Å²) >= 11 is 0. The average Bonchev–Trinajstić information content (AvgIpc) is 4.24. The van der Waals surface area contributed by atoms with E-state index in [2.05, 4.69) is 19.9 Å². The Bertz CT molecular complexity index is 3210. The maximum atomic E-state index is 16.4. The Morgan fingerprint density at radius 3 is 2.39 bits per heavy atom. The number of allylic oxidation sites excluding steroid dienone is 4. The number of amides is 1. The highest BCUT2D eigenvalue weighted by Crippen LogP contribution is 2.49. The second-order valence-electron chi connectivity index (χ2n) is 22.7. The van der Waals surface area contributed by atoms with Gasteiger partial charge in [-0.2, -0.15) is 0 Å². The van der Waals surface area contributed by atoms with Gasteiger partial charge in [0.15, 0.2) is 28.5 Å². The molecule has 2 aromatic carbocycles. The molecule has 2 aliphatic carbocycles. The molecule has 6 heterocycles. The third-order valence-electron chi connectivity index (χ3n) is 17.2. The van der Waals surface area contributed by atoms with E-state index >= 15 is 4.39 Å². The number of carbonyl (C=O) groups excluding carboxylic acids is 4. The number of halogens is 1. The molecule has 1 saturated carbocycles. The fourth-order valence-corrected chi connectivity index (χ4v) is 12.5. The van der Waals surface area contributed by atoms with E-state index < -0.39 is 88.9 Å². The molecule has 3 aromatic rings. The number of likely N-dealkylation sites (tertiary alicyclic amines) is 1. The van der Waals surface area contributed by atoms with Gasteiger partial charge >= 0.3 is 5.97 Å². The van der Waals surface area contributed by atoms with Crippen LogP contribution in [0, 0.1) is 49.3 Å². The molecule has 20 heteroatoms. The first-order chi connectivity index (χ1) is 38.0.